The largest absolute Gasteiger partial charge is 0.224 e. The van der Waals surface area contributed by atoms with Crippen molar-refractivity contribution in [3.63, 3.8) is 0 Å². The van der Waals surface area contributed by atoms with Crippen LogP contribution < -0.4 is 0 Å². The monoisotopic (exact) mass is 264 g/mol. The molecule has 1 aromatic rings. The highest BCUT2D eigenvalue weighted by molar-refractivity contribution is 7.89. The Morgan fingerprint density at radius 3 is 2.33 bits per heavy atom. The van der Waals surface area contributed by atoms with E-state index >= 15 is 0 Å². The van der Waals surface area contributed by atoms with Gasteiger partial charge in [-0.1, -0.05) is 36.4 Å². The number of benzene rings is 1. The molecule has 2 rings (SSSR count). The van der Waals surface area contributed by atoms with Crippen molar-refractivity contribution in [2.45, 2.75) is 18.1 Å². The lowest BCUT2D eigenvalue weighted by Crippen LogP contribution is -2.38. The minimum absolute atomic E-state index is 0.583. The molecule has 97 valence electrons. The van der Waals surface area contributed by atoms with Crippen molar-refractivity contribution in [2.75, 3.05) is 13.1 Å². The van der Waals surface area contributed by atoms with E-state index in [9.17, 15) is 8.42 Å². The predicted molar refractivity (Wildman–Crippen MR) is 73.4 cm³/mol. The van der Waals surface area contributed by atoms with Crippen molar-refractivity contribution in [3.8, 4) is 0 Å². The molecule has 1 atom stereocenters. The quantitative estimate of drug-likeness (QED) is 0.784. The lowest BCUT2D eigenvalue weighted by atomic mass is 10.1. The predicted octanol–water partition coefficient (Wildman–Crippen LogP) is 2.54. The van der Waals surface area contributed by atoms with Gasteiger partial charge in [0, 0.05) is 13.1 Å². The van der Waals surface area contributed by atoms with Crippen LogP contribution in [-0.2, 0) is 10.0 Å². The van der Waals surface area contributed by atoms with E-state index in [0.717, 1.165) is 18.4 Å². The summed E-state index contributed by atoms with van der Waals surface area (Å²) in [7, 11) is -3.33. The number of hydrogen-bond acceptors (Lipinski definition) is 2. The van der Waals surface area contributed by atoms with Crippen LogP contribution in [0.15, 0.2) is 43.0 Å². The summed E-state index contributed by atoms with van der Waals surface area (Å²) in [4.78, 5) is 0. The molecular weight excluding hydrogens is 246 g/mol. The standard InChI is InChI=1S/C14H18NO2S/c1-2-14(13-9-5-3-6-10-13)18(16,17)15-11-7-4-8-12-15/h2-6,9-10,14H,1,7-8,11-12H2. The third-order valence-electron chi connectivity index (χ3n) is 3.19. The zero-order valence-electron chi connectivity index (χ0n) is 10.3. The molecule has 1 radical (unpaired) electrons. The molecule has 0 bridgehead atoms. The highest BCUT2D eigenvalue weighted by atomic mass is 32.2. The second kappa shape index (κ2) is 5.67. The van der Waals surface area contributed by atoms with Crippen molar-refractivity contribution in [3.05, 3.63) is 55.0 Å². The summed E-state index contributed by atoms with van der Waals surface area (Å²) in [5, 5.41) is -0.642. The molecule has 1 heterocycles. The fraction of sp³-hybridized carbons (Fsp3) is 0.357. The van der Waals surface area contributed by atoms with Gasteiger partial charge in [0.15, 0.2) is 0 Å². The summed E-state index contributed by atoms with van der Waals surface area (Å²) in [5.41, 5.74) is 0.780. The van der Waals surface area contributed by atoms with Crippen LogP contribution in [0.25, 0.3) is 0 Å². The summed E-state index contributed by atoms with van der Waals surface area (Å²) in [5.74, 6) is 0. The van der Waals surface area contributed by atoms with Crippen LogP contribution in [0.5, 0.6) is 0 Å². The van der Waals surface area contributed by atoms with Crippen LogP contribution in [0.4, 0.5) is 0 Å². The topological polar surface area (TPSA) is 37.4 Å². The molecule has 0 aliphatic carbocycles. The molecule has 0 aromatic heterocycles. The Labute approximate surface area is 109 Å². The van der Waals surface area contributed by atoms with Gasteiger partial charge in [0.25, 0.3) is 0 Å². The third-order valence-corrected chi connectivity index (χ3v) is 5.38. The number of rotatable bonds is 4. The van der Waals surface area contributed by atoms with Crippen LogP contribution in [0.3, 0.4) is 0 Å². The van der Waals surface area contributed by atoms with Crippen LogP contribution in [0.1, 0.15) is 23.7 Å². The van der Waals surface area contributed by atoms with E-state index in [-0.39, 0.29) is 0 Å². The molecule has 1 saturated heterocycles. The van der Waals surface area contributed by atoms with Crippen molar-refractivity contribution in [1.82, 2.24) is 4.31 Å². The number of nitrogens with zero attached hydrogens (tertiary/aromatic N) is 1. The van der Waals surface area contributed by atoms with E-state index in [1.54, 1.807) is 4.31 Å². The minimum Gasteiger partial charge on any atom is -0.211 e. The van der Waals surface area contributed by atoms with Crippen LogP contribution >= 0.6 is 0 Å². The van der Waals surface area contributed by atoms with E-state index < -0.39 is 15.3 Å². The van der Waals surface area contributed by atoms with Gasteiger partial charge in [0.2, 0.25) is 10.0 Å². The van der Waals surface area contributed by atoms with Gasteiger partial charge in [0.05, 0.1) is 0 Å². The van der Waals surface area contributed by atoms with Gasteiger partial charge < -0.3 is 0 Å². The molecule has 1 fully saturated rings. The molecule has 0 spiro atoms. The summed E-state index contributed by atoms with van der Waals surface area (Å²) in [6, 6.07) is 9.25. The normalized spacial score (nSPS) is 19.3. The van der Waals surface area contributed by atoms with Gasteiger partial charge in [-0.3, -0.25) is 0 Å². The zero-order valence-corrected chi connectivity index (χ0v) is 11.1. The highest BCUT2D eigenvalue weighted by Crippen LogP contribution is 2.28. The van der Waals surface area contributed by atoms with E-state index in [2.05, 4.69) is 13.0 Å². The average molecular weight is 264 g/mol. The van der Waals surface area contributed by atoms with Crippen molar-refractivity contribution in [2.24, 2.45) is 0 Å². The van der Waals surface area contributed by atoms with Crippen molar-refractivity contribution >= 4 is 10.0 Å². The zero-order chi connectivity index (χ0) is 13.0. The second-order valence-electron chi connectivity index (χ2n) is 4.38. The molecule has 1 unspecified atom stereocenters. The first-order chi connectivity index (χ1) is 8.66. The molecule has 1 aromatic carbocycles. The first-order valence-corrected chi connectivity index (χ1v) is 7.64. The van der Waals surface area contributed by atoms with Crippen LogP contribution in [0.2, 0.25) is 0 Å². The molecular formula is C14H18NO2S. The van der Waals surface area contributed by atoms with Gasteiger partial charge >= 0.3 is 0 Å². The third kappa shape index (κ3) is 2.65. The second-order valence-corrected chi connectivity index (χ2v) is 6.43. The highest BCUT2D eigenvalue weighted by Gasteiger charge is 2.31. The molecule has 0 N–H and O–H groups in total. The summed E-state index contributed by atoms with van der Waals surface area (Å²) < 4.78 is 26.7. The molecule has 18 heavy (non-hydrogen) atoms. The minimum atomic E-state index is -3.33. The van der Waals surface area contributed by atoms with Crippen molar-refractivity contribution in [1.29, 1.82) is 0 Å². The van der Waals surface area contributed by atoms with E-state index in [1.807, 2.05) is 30.3 Å². The first kappa shape index (κ1) is 13.3. The SMILES string of the molecule is C=CC(c1ccccc1)S(=O)(=O)N1CC[CH]CC1. The number of hydrogen-bond donors (Lipinski definition) is 0. The Hall–Kier alpha value is -1.13. The van der Waals surface area contributed by atoms with Crippen LogP contribution in [-0.4, -0.2) is 25.8 Å². The molecule has 0 amide bonds. The van der Waals surface area contributed by atoms with Gasteiger partial charge in [-0.15, -0.1) is 6.58 Å². The fourth-order valence-corrected chi connectivity index (χ4v) is 4.00. The number of piperidine rings is 1. The lowest BCUT2D eigenvalue weighted by Gasteiger charge is -2.29. The van der Waals surface area contributed by atoms with Gasteiger partial charge in [-0.2, -0.15) is 0 Å². The molecule has 1 aliphatic rings. The van der Waals surface area contributed by atoms with E-state index in [1.165, 1.54) is 6.08 Å². The Morgan fingerprint density at radius 2 is 1.78 bits per heavy atom. The average Bonchev–Trinajstić information content (AvgIpc) is 2.41. The van der Waals surface area contributed by atoms with E-state index in [4.69, 9.17) is 0 Å². The fourth-order valence-electron chi connectivity index (χ4n) is 2.21. The molecule has 0 saturated carbocycles. The maximum atomic E-state index is 12.6. The molecule has 4 heteroatoms. The maximum Gasteiger partial charge on any atom is 0.224 e. The molecule has 3 nitrogen and oxygen atoms in total. The Bertz CT molecular complexity index is 490. The number of sulfonamides is 1. The lowest BCUT2D eigenvalue weighted by molar-refractivity contribution is 0.381. The smallest absolute Gasteiger partial charge is 0.211 e. The van der Waals surface area contributed by atoms with Crippen molar-refractivity contribution < 1.29 is 8.42 Å². The van der Waals surface area contributed by atoms with Gasteiger partial charge in [0.1, 0.15) is 5.25 Å². The van der Waals surface area contributed by atoms with Gasteiger partial charge in [-0.05, 0) is 24.8 Å². The summed E-state index contributed by atoms with van der Waals surface area (Å²) in [6.07, 6.45) is 5.32. The Balaban J connectivity index is 2.29. The summed E-state index contributed by atoms with van der Waals surface area (Å²) >= 11 is 0. The molecule has 1 aliphatic heterocycles. The summed E-state index contributed by atoms with van der Waals surface area (Å²) in [6.45, 7) is 4.85. The van der Waals surface area contributed by atoms with Gasteiger partial charge in [-0.25, -0.2) is 12.7 Å². The Kier molecular flexibility index (Phi) is 4.19. The first-order valence-electron chi connectivity index (χ1n) is 6.14. The van der Waals surface area contributed by atoms with E-state index in [0.29, 0.717) is 13.1 Å². The Morgan fingerprint density at radius 1 is 1.17 bits per heavy atom. The van der Waals surface area contributed by atoms with Crippen LogP contribution in [0, 0.1) is 6.42 Å². The maximum absolute atomic E-state index is 12.6.